The molecule has 1 saturated heterocycles. The Balaban J connectivity index is 1.70. The lowest BCUT2D eigenvalue weighted by atomic mass is 9.97. The maximum Gasteiger partial charge on any atom is 0.166 e. The van der Waals surface area contributed by atoms with E-state index in [0.29, 0.717) is 6.04 Å². The molecule has 7 heteroatoms. The molecule has 1 atom stereocenters. The molecular weight excluding hydrogens is 344 g/mol. The molecule has 2 aliphatic rings. The molecule has 1 aliphatic carbocycles. The number of nitrogens with zero attached hydrogens (tertiary/aromatic N) is 3. The number of anilines is 1. The molecule has 0 saturated carbocycles. The normalized spacial score (nSPS) is 19.8. The van der Waals surface area contributed by atoms with Crippen molar-refractivity contribution in [2.75, 3.05) is 18.4 Å². The van der Waals surface area contributed by atoms with Gasteiger partial charge in [0.15, 0.2) is 5.82 Å². The summed E-state index contributed by atoms with van der Waals surface area (Å²) in [5.41, 5.74) is 4.50. The van der Waals surface area contributed by atoms with Gasteiger partial charge >= 0.3 is 0 Å². The van der Waals surface area contributed by atoms with Gasteiger partial charge in [0.2, 0.25) is 0 Å². The Hall–Kier alpha value is -1.99. The van der Waals surface area contributed by atoms with Crippen LogP contribution in [0.4, 0.5) is 5.82 Å². The maximum absolute atomic E-state index is 5.01. The SMILES string of the molecule is Cc1n[nH]c(C)c1-c1nc(N[C@@H]2CCNC2)c2c3c(sc2n1)CCCC3. The highest BCUT2D eigenvalue weighted by atomic mass is 32.1. The van der Waals surface area contributed by atoms with Crippen LogP contribution >= 0.6 is 11.3 Å². The fraction of sp³-hybridized carbons (Fsp3) is 0.526. The molecule has 0 aromatic carbocycles. The van der Waals surface area contributed by atoms with Crippen LogP contribution in [-0.4, -0.2) is 39.3 Å². The Morgan fingerprint density at radius 3 is 2.81 bits per heavy atom. The quantitative estimate of drug-likeness (QED) is 0.661. The molecular formula is C19H24N6S. The fourth-order valence-electron chi connectivity index (χ4n) is 4.23. The Morgan fingerprint density at radius 2 is 2.04 bits per heavy atom. The monoisotopic (exact) mass is 368 g/mol. The number of thiophene rings is 1. The predicted octanol–water partition coefficient (Wildman–Crippen LogP) is 3.35. The Bertz CT molecular complexity index is 947. The van der Waals surface area contributed by atoms with Crippen LogP contribution in [0.2, 0.25) is 0 Å². The van der Waals surface area contributed by atoms with E-state index >= 15 is 0 Å². The second-order valence-corrected chi connectivity index (χ2v) is 8.51. The van der Waals surface area contributed by atoms with E-state index in [-0.39, 0.29) is 0 Å². The van der Waals surface area contributed by atoms with Crippen molar-refractivity contribution in [3.05, 3.63) is 21.8 Å². The summed E-state index contributed by atoms with van der Waals surface area (Å²) in [6, 6.07) is 0.437. The van der Waals surface area contributed by atoms with Crippen molar-refractivity contribution in [3.8, 4) is 11.4 Å². The first-order valence-corrected chi connectivity index (χ1v) is 10.3. The van der Waals surface area contributed by atoms with Crippen LogP contribution in [0.5, 0.6) is 0 Å². The number of hydrogen-bond donors (Lipinski definition) is 3. The molecule has 0 bridgehead atoms. The van der Waals surface area contributed by atoms with Gasteiger partial charge in [-0.05, 0) is 58.1 Å². The molecule has 0 amide bonds. The molecule has 5 rings (SSSR count). The van der Waals surface area contributed by atoms with Crippen LogP contribution in [0.15, 0.2) is 0 Å². The summed E-state index contributed by atoms with van der Waals surface area (Å²) < 4.78 is 0. The number of rotatable bonds is 3. The highest BCUT2D eigenvalue weighted by molar-refractivity contribution is 7.19. The van der Waals surface area contributed by atoms with E-state index < -0.39 is 0 Å². The van der Waals surface area contributed by atoms with Gasteiger partial charge in [0.25, 0.3) is 0 Å². The summed E-state index contributed by atoms with van der Waals surface area (Å²) in [6.07, 6.45) is 6.02. The lowest BCUT2D eigenvalue weighted by molar-refractivity contribution is 0.700. The number of aryl methyl sites for hydroxylation is 4. The van der Waals surface area contributed by atoms with Gasteiger partial charge in [-0.15, -0.1) is 11.3 Å². The van der Waals surface area contributed by atoms with E-state index in [2.05, 4.69) is 20.8 Å². The van der Waals surface area contributed by atoms with Crippen molar-refractivity contribution >= 4 is 27.4 Å². The average Bonchev–Trinajstić information content (AvgIpc) is 3.34. The van der Waals surface area contributed by atoms with Gasteiger partial charge in [0.1, 0.15) is 10.6 Å². The molecule has 136 valence electrons. The molecule has 6 nitrogen and oxygen atoms in total. The second-order valence-electron chi connectivity index (χ2n) is 7.43. The molecule has 0 spiro atoms. The lowest BCUT2D eigenvalue weighted by Crippen LogP contribution is -2.23. The Morgan fingerprint density at radius 1 is 1.15 bits per heavy atom. The smallest absolute Gasteiger partial charge is 0.166 e. The van der Waals surface area contributed by atoms with Crippen LogP contribution in [-0.2, 0) is 12.8 Å². The third-order valence-electron chi connectivity index (χ3n) is 5.57. The summed E-state index contributed by atoms with van der Waals surface area (Å²) in [5, 5.41) is 15.8. The average molecular weight is 369 g/mol. The third-order valence-corrected chi connectivity index (χ3v) is 6.75. The van der Waals surface area contributed by atoms with Crippen molar-refractivity contribution < 1.29 is 0 Å². The predicted molar refractivity (Wildman–Crippen MR) is 106 cm³/mol. The minimum atomic E-state index is 0.437. The number of aromatic amines is 1. The number of fused-ring (bicyclic) bond motifs is 3. The van der Waals surface area contributed by atoms with Crippen LogP contribution in [0.3, 0.4) is 0 Å². The lowest BCUT2D eigenvalue weighted by Gasteiger charge is -2.16. The van der Waals surface area contributed by atoms with Gasteiger partial charge in [-0.2, -0.15) is 5.10 Å². The fourth-order valence-corrected chi connectivity index (χ4v) is 5.49. The first-order valence-electron chi connectivity index (χ1n) is 9.52. The highest BCUT2D eigenvalue weighted by Crippen LogP contribution is 2.40. The standard InChI is InChI=1S/C19H24N6S/c1-10-15(11(2)25-24-10)17-22-18(21-12-7-8-20-9-12)16-13-5-3-4-6-14(13)26-19(16)23-17/h12,20H,3-9H2,1-2H3,(H,24,25)(H,21,22,23)/t12-/m1/s1. The minimum absolute atomic E-state index is 0.437. The van der Waals surface area contributed by atoms with Gasteiger partial charge in [-0.3, -0.25) is 5.10 Å². The maximum atomic E-state index is 5.01. The van der Waals surface area contributed by atoms with Crippen molar-refractivity contribution in [2.24, 2.45) is 0 Å². The van der Waals surface area contributed by atoms with Crippen LogP contribution in [0.1, 0.15) is 41.1 Å². The minimum Gasteiger partial charge on any atom is -0.365 e. The summed E-state index contributed by atoms with van der Waals surface area (Å²) in [7, 11) is 0. The molecule has 1 aliphatic heterocycles. The topological polar surface area (TPSA) is 78.5 Å². The van der Waals surface area contributed by atoms with E-state index in [4.69, 9.17) is 9.97 Å². The first kappa shape index (κ1) is 16.2. The molecule has 0 radical (unpaired) electrons. The van der Waals surface area contributed by atoms with Crippen molar-refractivity contribution in [1.29, 1.82) is 0 Å². The van der Waals surface area contributed by atoms with Crippen molar-refractivity contribution in [1.82, 2.24) is 25.5 Å². The molecule has 3 N–H and O–H groups in total. The van der Waals surface area contributed by atoms with Crippen molar-refractivity contribution in [3.63, 3.8) is 0 Å². The van der Waals surface area contributed by atoms with Crippen LogP contribution < -0.4 is 10.6 Å². The van der Waals surface area contributed by atoms with E-state index in [9.17, 15) is 0 Å². The zero-order chi connectivity index (χ0) is 17.7. The zero-order valence-electron chi connectivity index (χ0n) is 15.3. The summed E-state index contributed by atoms with van der Waals surface area (Å²) in [6.45, 7) is 6.12. The molecule has 26 heavy (non-hydrogen) atoms. The second kappa shape index (κ2) is 6.32. The van der Waals surface area contributed by atoms with E-state index in [1.54, 1.807) is 0 Å². The van der Waals surface area contributed by atoms with Crippen LogP contribution in [0, 0.1) is 13.8 Å². The molecule has 0 unspecified atom stereocenters. The van der Waals surface area contributed by atoms with E-state index in [1.807, 2.05) is 25.2 Å². The van der Waals surface area contributed by atoms with E-state index in [0.717, 1.165) is 59.4 Å². The number of H-pyrrole nitrogens is 1. The Kier molecular flexibility index (Phi) is 3.94. The van der Waals surface area contributed by atoms with Crippen molar-refractivity contribution in [2.45, 2.75) is 52.0 Å². The number of nitrogens with one attached hydrogen (secondary N) is 3. The summed E-state index contributed by atoms with van der Waals surface area (Å²) >= 11 is 1.86. The zero-order valence-corrected chi connectivity index (χ0v) is 16.1. The van der Waals surface area contributed by atoms with Gasteiger partial charge in [-0.25, -0.2) is 9.97 Å². The largest absolute Gasteiger partial charge is 0.365 e. The molecule has 4 heterocycles. The molecule has 1 fully saturated rings. The van der Waals surface area contributed by atoms with Gasteiger partial charge in [-0.1, -0.05) is 0 Å². The summed E-state index contributed by atoms with van der Waals surface area (Å²) in [5.74, 6) is 1.80. The molecule has 3 aromatic rings. The summed E-state index contributed by atoms with van der Waals surface area (Å²) in [4.78, 5) is 12.6. The highest BCUT2D eigenvalue weighted by Gasteiger charge is 2.25. The Labute approximate surface area is 156 Å². The molecule has 3 aromatic heterocycles. The first-order chi connectivity index (χ1) is 12.7. The van der Waals surface area contributed by atoms with Crippen LogP contribution in [0.25, 0.3) is 21.6 Å². The number of hydrogen-bond acceptors (Lipinski definition) is 6. The third kappa shape index (κ3) is 2.61. The number of aromatic nitrogens is 4. The van der Waals surface area contributed by atoms with E-state index in [1.165, 1.54) is 35.1 Å². The van der Waals surface area contributed by atoms with Gasteiger partial charge in [0, 0.05) is 23.2 Å². The van der Waals surface area contributed by atoms with Gasteiger partial charge in [0.05, 0.1) is 16.6 Å². The van der Waals surface area contributed by atoms with Gasteiger partial charge < -0.3 is 10.6 Å².